The first-order valence-corrected chi connectivity index (χ1v) is 7.57. The molecule has 2 rings (SSSR count). The SMILES string of the molecule is CC(C)(C)OC(=O)Nc1cccc(C2=NC(Cl)=NC(Cl)N2N)c1. The van der Waals surface area contributed by atoms with Gasteiger partial charge >= 0.3 is 6.09 Å². The van der Waals surface area contributed by atoms with Crippen molar-refractivity contribution in [3.8, 4) is 0 Å². The van der Waals surface area contributed by atoms with E-state index in [1.54, 1.807) is 45.0 Å². The Bertz CT molecular complexity index is 669. The number of ether oxygens (including phenoxy) is 1. The van der Waals surface area contributed by atoms with Crippen LogP contribution in [0.1, 0.15) is 26.3 Å². The van der Waals surface area contributed by atoms with Crippen molar-refractivity contribution in [1.82, 2.24) is 5.01 Å². The van der Waals surface area contributed by atoms with Gasteiger partial charge in [0.05, 0.1) is 0 Å². The van der Waals surface area contributed by atoms with Gasteiger partial charge in [0.1, 0.15) is 5.60 Å². The van der Waals surface area contributed by atoms with E-state index in [0.29, 0.717) is 17.1 Å². The molecule has 1 unspecified atom stereocenters. The molecule has 0 bridgehead atoms. The van der Waals surface area contributed by atoms with Crippen molar-refractivity contribution in [2.24, 2.45) is 15.8 Å². The van der Waals surface area contributed by atoms with Crippen LogP contribution in [0, 0.1) is 0 Å². The first kappa shape index (κ1) is 17.5. The first-order valence-electron chi connectivity index (χ1n) is 6.76. The number of halogens is 2. The quantitative estimate of drug-likeness (QED) is 0.483. The Morgan fingerprint density at radius 2 is 2.13 bits per heavy atom. The number of hydrogen-bond acceptors (Lipinski definition) is 6. The number of hydrogen-bond donors (Lipinski definition) is 2. The van der Waals surface area contributed by atoms with E-state index in [-0.39, 0.29) is 5.29 Å². The monoisotopic (exact) mass is 357 g/mol. The number of nitrogens with two attached hydrogens (primary N) is 1. The zero-order chi connectivity index (χ0) is 17.2. The molecular formula is C14H17Cl2N5O2. The van der Waals surface area contributed by atoms with Crippen molar-refractivity contribution in [1.29, 1.82) is 0 Å². The van der Waals surface area contributed by atoms with Crippen LogP contribution >= 0.6 is 23.2 Å². The molecule has 0 aromatic heterocycles. The Labute approximate surface area is 144 Å². The molecular weight excluding hydrogens is 341 g/mol. The van der Waals surface area contributed by atoms with Crippen molar-refractivity contribution in [2.45, 2.75) is 32.0 Å². The van der Waals surface area contributed by atoms with Crippen LogP contribution in [0.25, 0.3) is 0 Å². The fraction of sp³-hybridized carbons (Fsp3) is 0.357. The van der Waals surface area contributed by atoms with Crippen LogP contribution in [0.4, 0.5) is 10.5 Å². The van der Waals surface area contributed by atoms with E-state index in [2.05, 4.69) is 15.3 Å². The van der Waals surface area contributed by atoms with Crippen LogP contribution in [0.2, 0.25) is 0 Å². The van der Waals surface area contributed by atoms with Gasteiger partial charge in [-0.3, -0.25) is 10.3 Å². The fourth-order valence-corrected chi connectivity index (χ4v) is 2.20. The second kappa shape index (κ2) is 6.74. The van der Waals surface area contributed by atoms with Gasteiger partial charge in [-0.2, -0.15) is 4.99 Å². The summed E-state index contributed by atoms with van der Waals surface area (Å²) in [4.78, 5) is 19.7. The fourth-order valence-electron chi connectivity index (χ4n) is 1.80. The van der Waals surface area contributed by atoms with E-state index in [0.717, 1.165) is 0 Å². The number of carbonyl (C=O) groups is 1. The molecule has 1 aliphatic rings. The molecule has 1 aromatic carbocycles. The summed E-state index contributed by atoms with van der Waals surface area (Å²) in [5.41, 5.74) is -0.284. The summed E-state index contributed by atoms with van der Waals surface area (Å²) in [5, 5.41) is 3.83. The predicted molar refractivity (Wildman–Crippen MR) is 91.8 cm³/mol. The number of hydrazine groups is 1. The molecule has 23 heavy (non-hydrogen) atoms. The normalized spacial score (nSPS) is 18.2. The van der Waals surface area contributed by atoms with Gasteiger partial charge < -0.3 is 4.74 Å². The molecule has 124 valence electrons. The number of carbonyl (C=O) groups excluding carboxylic acids is 1. The Kier molecular flexibility index (Phi) is 5.13. The molecule has 0 saturated heterocycles. The third-order valence-corrected chi connectivity index (χ3v) is 3.14. The van der Waals surface area contributed by atoms with Gasteiger partial charge in [0.15, 0.2) is 5.84 Å². The highest BCUT2D eigenvalue weighted by Gasteiger charge is 2.23. The molecule has 1 aliphatic heterocycles. The average molecular weight is 358 g/mol. The third kappa shape index (κ3) is 4.82. The second-order valence-electron chi connectivity index (χ2n) is 5.76. The lowest BCUT2D eigenvalue weighted by atomic mass is 10.1. The van der Waals surface area contributed by atoms with Crippen molar-refractivity contribution in [3.05, 3.63) is 29.8 Å². The molecule has 1 heterocycles. The zero-order valence-corrected chi connectivity index (χ0v) is 14.4. The van der Waals surface area contributed by atoms with Crippen LogP contribution in [-0.2, 0) is 4.74 Å². The van der Waals surface area contributed by atoms with Gasteiger partial charge in [0.25, 0.3) is 0 Å². The molecule has 1 atom stereocenters. The minimum atomic E-state index is -0.850. The number of nitrogens with zero attached hydrogens (tertiary/aromatic N) is 3. The van der Waals surface area contributed by atoms with E-state index in [1.807, 2.05) is 0 Å². The summed E-state index contributed by atoms with van der Waals surface area (Å²) in [5.74, 6) is 6.19. The number of amidine groups is 2. The number of anilines is 1. The summed E-state index contributed by atoms with van der Waals surface area (Å²) >= 11 is 11.8. The van der Waals surface area contributed by atoms with Gasteiger partial charge in [-0.05, 0) is 44.5 Å². The van der Waals surface area contributed by atoms with Crippen molar-refractivity contribution < 1.29 is 9.53 Å². The third-order valence-electron chi connectivity index (χ3n) is 2.65. The highest BCUT2D eigenvalue weighted by Crippen LogP contribution is 2.19. The van der Waals surface area contributed by atoms with E-state index in [4.69, 9.17) is 33.8 Å². The lowest BCUT2D eigenvalue weighted by Gasteiger charge is -2.26. The molecule has 0 fully saturated rings. The van der Waals surface area contributed by atoms with Crippen molar-refractivity contribution >= 4 is 46.1 Å². The van der Waals surface area contributed by atoms with Crippen LogP contribution < -0.4 is 11.2 Å². The molecule has 0 radical (unpaired) electrons. The number of alkyl halides is 1. The number of benzene rings is 1. The molecule has 1 amide bonds. The Morgan fingerprint density at radius 1 is 1.43 bits per heavy atom. The summed E-state index contributed by atoms with van der Waals surface area (Å²) in [6, 6.07) is 6.90. The van der Waals surface area contributed by atoms with Crippen LogP contribution in [0.5, 0.6) is 0 Å². The highest BCUT2D eigenvalue weighted by molar-refractivity contribution is 6.66. The van der Waals surface area contributed by atoms with Gasteiger partial charge in [-0.1, -0.05) is 23.7 Å². The van der Waals surface area contributed by atoms with Crippen LogP contribution in [-0.4, -0.2) is 33.5 Å². The minimum Gasteiger partial charge on any atom is -0.444 e. The van der Waals surface area contributed by atoms with E-state index < -0.39 is 17.3 Å². The number of amides is 1. The maximum Gasteiger partial charge on any atom is 0.412 e. The molecule has 0 saturated carbocycles. The molecule has 7 nitrogen and oxygen atoms in total. The first-order chi connectivity index (χ1) is 10.7. The van der Waals surface area contributed by atoms with Gasteiger partial charge in [-0.15, -0.1) is 0 Å². The van der Waals surface area contributed by atoms with Crippen molar-refractivity contribution in [2.75, 3.05) is 5.32 Å². The zero-order valence-electron chi connectivity index (χ0n) is 12.9. The summed E-state index contributed by atoms with van der Waals surface area (Å²) < 4.78 is 5.21. The smallest absolute Gasteiger partial charge is 0.412 e. The Hall–Kier alpha value is -1.83. The van der Waals surface area contributed by atoms with Gasteiger partial charge in [0.2, 0.25) is 10.9 Å². The minimum absolute atomic E-state index is 0.00667. The Morgan fingerprint density at radius 3 is 2.78 bits per heavy atom. The molecule has 9 heteroatoms. The standard InChI is InChI=1S/C14H17Cl2N5O2/c1-14(2,3)23-13(22)18-9-6-4-5-8(7-9)10-19-11(15)20-12(16)21(10)17/h4-7,12H,17H2,1-3H3,(H,18,22). The number of nitrogens with one attached hydrogen (secondary N) is 1. The molecule has 0 spiro atoms. The largest absolute Gasteiger partial charge is 0.444 e. The predicted octanol–water partition coefficient (Wildman–Crippen LogP) is 3.09. The number of rotatable bonds is 2. The molecule has 0 aliphatic carbocycles. The van der Waals surface area contributed by atoms with Crippen LogP contribution in [0.15, 0.2) is 34.3 Å². The summed E-state index contributed by atoms with van der Waals surface area (Å²) in [6.45, 7) is 5.36. The summed E-state index contributed by atoms with van der Waals surface area (Å²) in [6.07, 6.45) is -0.556. The molecule has 3 N–H and O–H groups in total. The lowest BCUT2D eigenvalue weighted by Crippen LogP contribution is -2.45. The number of aliphatic imine (C=N–C) groups is 2. The van der Waals surface area contributed by atoms with Gasteiger partial charge in [0, 0.05) is 11.3 Å². The lowest BCUT2D eigenvalue weighted by molar-refractivity contribution is 0.0636. The summed E-state index contributed by atoms with van der Waals surface area (Å²) in [7, 11) is 0. The van der Waals surface area contributed by atoms with E-state index in [9.17, 15) is 4.79 Å². The van der Waals surface area contributed by atoms with Gasteiger partial charge in [-0.25, -0.2) is 15.6 Å². The maximum atomic E-state index is 11.8. The van der Waals surface area contributed by atoms with E-state index in [1.165, 1.54) is 5.01 Å². The topological polar surface area (TPSA) is 92.3 Å². The average Bonchev–Trinajstić information content (AvgIpc) is 2.41. The Balaban J connectivity index is 2.20. The van der Waals surface area contributed by atoms with E-state index >= 15 is 0 Å². The van der Waals surface area contributed by atoms with Crippen molar-refractivity contribution in [3.63, 3.8) is 0 Å². The van der Waals surface area contributed by atoms with Crippen LogP contribution in [0.3, 0.4) is 0 Å². The maximum absolute atomic E-state index is 11.8. The second-order valence-corrected chi connectivity index (χ2v) is 6.49. The highest BCUT2D eigenvalue weighted by atomic mass is 35.5. The molecule has 1 aromatic rings.